The van der Waals surface area contributed by atoms with Gasteiger partial charge in [0.1, 0.15) is 24.0 Å². The summed E-state index contributed by atoms with van der Waals surface area (Å²) in [5.74, 6) is -1.48. The number of halogens is 2. The molecule has 1 spiro atoms. The molecule has 3 amide bonds. The van der Waals surface area contributed by atoms with Crippen LogP contribution in [0.2, 0.25) is 0 Å². The molecule has 0 radical (unpaired) electrons. The molecule has 2 aliphatic heterocycles. The Balaban J connectivity index is 1.25. The van der Waals surface area contributed by atoms with E-state index in [2.05, 4.69) is 10.3 Å². The summed E-state index contributed by atoms with van der Waals surface area (Å²) in [4.78, 5) is 47.3. The van der Waals surface area contributed by atoms with Gasteiger partial charge in [-0.2, -0.15) is 0 Å². The summed E-state index contributed by atoms with van der Waals surface area (Å²) in [7, 11) is 1.65. The molecule has 206 valence electrons. The predicted octanol–water partition coefficient (Wildman–Crippen LogP) is 4.70. The summed E-state index contributed by atoms with van der Waals surface area (Å²) >= 11 is 0. The first-order valence-corrected chi connectivity index (χ1v) is 13.4. The Labute approximate surface area is 231 Å². The zero-order chi connectivity index (χ0) is 28.4. The van der Waals surface area contributed by atoms with Crippen LogP contribution in [0.5, 0.6) is 0 Å². The average Bonchev–Trinajstić information content (AvgIpc) is 3.42. The van der Waals surface area contributed by atoms with E-state index in [1.807, 2.05) is 44.2 Å². The molecular weight excluding hydrogens is 514 g/mol. The van der Waals surface area contributed by atoms with Gasteiger partial charge in [-0.05, 0) is 72.7 Å². The summed E-state index contributed by atoms with van der Waals surface area (Å²) in [6.07, 6.45) is 3.72. The number of benzene rings is 2. The number of hydrogen-bond acceptors (Lipinski definition) is 4. The van der Waals surface area contributed by atoms with Crippen molar-refractivity contribution in [3.63, 3.8) is 0 Å². The van der Waals surface area contributed by atoms with E-state index in [0.717, 1.165) is 22.8 Å². The number of rotatable bonds is 4. The molecule has 1 saturated heterocycles. The number of carbonyl (C=O) groups is 3. The van der Waals surface area contributed by atoms with E-state index in [-0.39, 0.29) is 24.3 Å². The number of anilines is 2. The third-order valence-corrected chi connectivity index (χ3v) is 8.76. The van der Waals surface area contributed by atoms with E-state index in [4.69, 9.17) is 0 Å². The molecule has 0 saturated carbocycles. The standard InChI is InChI=1S/C31H30F2N4O3/c1-30(2)9-8-25(19-11-21(32)14-22(33)12-19)37(29(30)40)17-26(38)36(3)23-7-6-18-15-31(16-20(18)13-23)24-5-4-10-34-27(24)35-28(31)39/h4-7,10-14,25H,8-9,15-17H2,1-3H3,(H,34,35,39)/t25-,31?/m0/s1. The number of nitrogens with one attached hydrogen (secondary N) is 1. The largest absolute Gasteiger partial charge is 0.326 e. The van der Waals surface area contributed by atoms with Crippen LogP contribution in [0, 0.1) is 17.0 Å². The molecule has 3 aliphatic rings. The van der Waals surface area contributed by atoms with E-state index < -0.39 is 28.5 Å². The first kappa shape index (κ1) is 26.1. The van der Waals surface area contributed by atoms with Gasteiger partial charge < -0.3 is 15.1 Å². The Hall–Kier alpha value is -4.14. The van der Waals surface area contributed by atoms with Gasteiger partial charge in [-0.1, -0.05) is 26.0 Å². The third kappa shape index (κ3) is 4.15. The van der Waals surface area contributed by atoms with Gasteiger partial charge in [0.05, 0.1) is 11.5 Å². The lowest BCUT2D eigenvalue weighted by atomic mass is 9.78. The van der Waals surface area contributed by atoms with Crippen molar-refractivity contribution in [2.24, 2.45) is 5.41 Å². The van der Waals surface area contributed by atoms with Crippen molar-refractivity contribution in [3.05, 3.63) is 88.6 Å². The predicted molar refractivity (Wildman–Crippen MR) is 146 cm³/mol. The van der Waals surface area contributed by atoms with Gasteiger partial charge in [0.15, 0.2) is 0 Å². The number of likely N-dealkylation sites (tertiary alicyclic amines) is 1. The van der Waals surface area contributed by atoms with Crippen LogP contribution in [-0.2, 0) is 32.6 Å². The van der Waals surface area contributed by atoms with E-state index in [0.29, 0.717) is 42.8 Å². The second kappa shape index (κ2) is 9.21. The maximum Gasteiger partial charge on any atom is 0.246 e. The smallest absolute Gasteiger partial charge is 0.246 e. The number of pyridine rings is 1. The van der Waals surface area contributed by atoms with Crippen molar-refractivity contribution < 1.29 is 23.2 Å². The normalized spacial score (nSPS) is 22.7. The first-order valence-electron chi connectivity index (χ1n) is 13.4. The van der Waals surface area contributed by atoms with Crippen LogP contribution in [0.3, 0.4) is 0 Å². The highest BCUT2D eigenvalue weighted by Crippen LogP contribution is 2.47. The number of likely N-dealkylation sites (N-methyl/N-ethyl adjacent to an activating group) is 1. The van der Waals surface area contributed by atoms with Gasteiger partial charge in [-0.15, -0.1) is 0 Å². The second-order valence-corrected chi connectivity index (χ2v) is 11.8. The summed E-state index contributed by atoms with van der Waals surface area (Å²) < 4.78 is 28.1. The van der Waals surface area contributed by atoms with Crippen molar-refractivity contribution in [2.75, 3.05) is 23.8 Å². The number of fused-ring (bicyclic) bond motifs is 3. The maximum atomic E-state index is 14.0. The lowest BCUT2D eigenvalue weighted by Gasteiger charge is -2.43. The van der Waals surface area contributed by atoms with E-state index in [1.165, 1.54) is 21.9 Å². The summed E-state index contributed by atoms with van der Waals surface area (Å²) in [5, 5.41) is 2.90. The van der Waals surface area contributed by atoms with Gasteiger partial charge in [-0.25, -0.2) is 13.8 Å². The fourth-order valence-electron chi connectivity index (χ4n) is 6.44. The number of aromatic nitrogens is 1. The molecule has 9 heteroatoms. The minimum atomic E-state index is -0.721. The van der Waals surface area contributed by atoms with Crippen LogP contribution in [0.4, 0.5) is 20.3 Å². The van der Waals surface area contributed by atoms with Crippen molar-refractivity contribution in [2.45, 2.75) is 51.0 Å². The van der Waals surface area contributed by atoms with Gasteiger partial charge in [-0.3, -0.25) is 14.4 Å². The van der Waals surface area contributed by atoms with E-state index in [1.54, 1.807) is 13.2 Å². The Morgan fingerprint density at radius 2 is 1.80 bits per heavy atom. The Bertz CT molecular complexity index is 1550. The van der Waals surface area contributed by atoms with Gasteiger partial charge in [0.25, 0.3) is 0 Å². The van der Waals surface area contributed by atoms with E-state index in [9.17, 15) is 23.2 Å². The maximum absolute atomic E-state index is 14.0. The zero-order valence-corrected chi connectivity index (χ0v) is 22.6. The minimum Gasteiger partial charge on any atom is -0.326 e. The molecular formula is C31H30F2N4O3. The summed E-state index contributed by atoms with van der Waals surface area (Å²) in [6, 6.07) is 12.1. The van der Waals surface area contributed by atoms with Crippen molar-refractivity contribution in [1.82, 2.24) is 9.88 Å². The van der Waals surface area contributed by atoms with Crippen LogP contribution in [0.25, 0.3) is 0 Å². The molecule has 6 rings (SSSR count). The average molecular weight is 545 g/mol. The molecule has 2 atom stereocenters. The summed E-state index contributed by atoms with van der Waals surface area (Å²) in [6.45, 7) is 3.41. The third-order valence-electron chi connectivity index (χ3n) is 8.76. The van der Waals surface area contributed by atoms with Crippen LogP contribution in [0.15, 0.2) is 54.7 Å². The number of carbonyl (C=O) groups excluding carboxylic acids is 3. The minimum absolute atomic E-state index is 0.0746. The molecule has 40 heavy (non-hydrogen) atoms. The molecule has 1 unspecified atom stereocenters. The van der Waals surface area contributed by atoms with Crippen molar-refractivity contribution in [3.8, 4) is 0 Å². The quantitative estimate of drug-likeness (QED) is 0.516. The lowest BCUT2D eigenvalue weighted by molar-refractivity contribution is -0.150. The van der Waals surface area contributed by atoms with Gasteiger partial charge in [0.2, 0.25) is 17.7 Å². The highest BCUT2D eigenvalue weighted by molar-refractivity contribution is 6.06. The van der Waals surface area contributed by atoms with Crippen molar-refractivity contribution >= 4 is 29.2 Å². The molecule has 2 aromatic carbocycles. The molecule has 1 N–H and O–H groups in total. The second-order valence-electron chi connectivity index (χ2n) is 11.8. The molecule has 0 bridgehead atoms. The monoisotopic (exact) mass is 544 g/mol. The molecule has 1 aromatic heterocycles. The Kier molecular flexibility index (Phi) is 6.01. The van der Waals surface area contributed by atoms with Gasteiger partial charge >= 0.3 is 0 Å². The fourth-order valence-corrected chi connectivity index (χ4v) is 6.44. The number of hydrogen-bond donors (Lipinski definition) is 1. The molecule has 1 aliphatic carbocycles. The van der Waals surface area contributed by atoms with Crippen LogP contribution < -0.4 is 10.2 Å². The molecule has 1 fully saturated rings. The SMILES string of the molecule is CN(C(=O)CN1C(=O)C(C)(C)CC[C@H]1c1cc(F)cc(F)c1)c1ccc2c(c1)CC1(C2)C(=O)Nc2ncccc21. The zero-order valence-electron chi connectivity index (χ0n) is 22.6. The Morgan fingerprint density at radius 3 is 2.55 bits per heavy atom. The Morgan fingerprint density at radius 1 is 1.07 bits per heavy atom. The number of nitrogens with zero attached hydrogens (tertiary/aromatic N) is 3. The first-order chi connectivity index (χ1) is 19.0. The highest BCUT2D eigenvalue weighted by atomic mass is 19.1. The lowest BCUT2D eigenvalue weighted by Crippen LogP contribution is -2.51. The van der Waals surface area contributed by atoms with Crippen LogP contribution in [0.1, 0.15) is 55.0 Å². The van der Waals surface area contributed by atoms with Crippen molar-refractivity contribution in [1.29, 1.82) is 0 Å². The summed E-state index contributed by atoms with van der Waals surface area (Å²) in [5.41, 5.74) is 2.47. The van der Waals surface area contributed by atoms with Crippen LogP contribution in [-0.4, -0.2) is 41.2 Å². The number of piperidine rings is 1. The molecule has 3 aromatic rings. The van der Waals surface area contributed by atoms with E-state index >= 15 is 0 Å². The van der Waals surface area contributed by atoms with Gasteiger partial charge in [0, 0.05) is 36.0 Å². The topological polar surface area (TPSA) is 82.6 Å². The molecule has 3 heterocycles. The van der Waals surface area contributed by atoms with Crippen LogP contribution >= 0.6 is 0 Å². The fraction of sp³-hybridized carbons (Fsp3) is 0.355. The number of amides is 3. The highest BCUT2D eigenvalue weighted by Gasteiger charge is 2.51. The molecule has 7 nitrogen and oxygen atoms in total.